The van der Waals surface area contributed by atoms with Gasteiger partial charge in [0, 0.05) is 5.69 Å². The van der Waals surface area contributed by atoms with E-state index in [9.17, 15) is 4.79 Å². The van der Waals surface area contributed by atoms with E-state index in [4.69, 9.17) is 9.47 Å². The van der Waals surface area contributed by atoms with Crippen LogP contribution < -0.4 is 20.2 Å². The van der Waals surface area contributed by atoms with Gasteiger partial charge in [-0.1, -0.05) is 18.2 Å². The maximum Gasteiger partial charge on any atom is 0.259 e. The zero-order valence-electron chi connectivity index (χ0n) is 14.3. The molecule has 0 saturated heterocycles. The van der Waals surface area contributed by atoms with Crippen molar-refractivity contribution < 1.29 is 14.3 Å². The summed E-state index contributed by atoms with van der Waals surface area (Å²) < 4.78 is 11.5. The molecule has 0 fully saturated rings. The summed E-state index contributed by atoms with van der Waals surface area (Å²) in [5.41, 5.74) is 5.31. The number of hydrogen-bond acceptors (Lipinski definition) is 5. The fourth-order valence-corrected chi connectivity index (χ4v) is 3.02. The predicted octanol–water partition coefficient (Wildman–Crippen LogP) is 3.18. The minimum absolute atomic E-state index is 0.145. The first-order valence-corrected chi connectivity index (χ1v) is 8.66. The molecule has 6 nitrogen and oxygen atoms in total. The monoisotopic (exact) mass is 453 g/mol. The number of hydrazone groups is 1. The van der Waals surface area contributed by atoms with Crippen LogP contribution in [0.4, 0.5) is 5.69 Å². The van der Waals surface area contributed by atoms with Gasteiger partial charge in [0.05, 0.1) is 30.5 Å². The average molecular weight is 453 g/mol. The van der Waals surface area contributed by atoms with E-state index in [0.29, 0.717) is 11.5 Å². The highest BCUT2D eigenvalue weighted by Gasteiger charge is 2.09. The van der Waals surface area contributed by atoms with Crippen molar-refractivity contribution in [3.8, 4) is 11.5 Å². The number of para-hydroxylation sites is 1. The number of methoxy groups -OCH3 is 2. The molecule has 0 saturated carbocycles. The van der Waals surface area contributed by atoms with Crippen LogP contribution in [0, 0.1) is 10.5 Å². The lowest BCUT2D eigenvalue weighted by Crippen LogP contribution is -2.26. The van der Waals surface area contributed by atoms with Crippen LogP contribution in [0.1, 0.15) is 11.1 Å². The molecule has 7 heteroatoms. The lowest BCUT2D eigenvalue weighted by Gasteiger charge is -2.10. The van der Waals surface area contributed by atoms with Crippen molar-refractivity contribution in [3.05, 3.63) is 51.1 Å². The number of benzene rings is 2. The van der Waals surface area contributed by atoms with Crippen LogP contribution >= 0.6 is 22.6 Å². The average Bonchev–Trinajstić information content (AvgIpc) is 2.60. The molecule has 0 heterocycles. The second kappa shape index (κ2) is 9.26. The number of hydrogen-bond donors (Lipinski definition) is 2. The van der Waals surface area contributed by atoms with E-state index in [1.807, 2.05) is 37.3 Å². The minimum atomic E-state index is -0.227. The number of aryl methyl sites for hydroxylation is 1. The molecule has 2 rings (SSSR count). The Morgan fingerprint density at radius 1 is 1.24 bits per heavy atom. The molecule has 0 radical (unpaired) electrons. The van der Waals surface area contributed by atoms with E-state index in [2.05, 4.69) is 38.4 Å². The van der Waals surface area contributed by atoms with Gasteiger partial charge < -0.3 is 14.8 Å². The highest BCUT2D eigenvalue weighted by Crippen LogP contribution is 2.32. The van der Waals surface area contributed by atoms with Gasteiger partial charge in [-0.25, -0.2) is 5.43 Å². The van der Waals surface area contributed by atoms with E-state index in [1.165, 1.54) is 0 Å². The van der Waals surface area contributed by atoms with Gasteiger partial charge in [0.25, 0.3) is 5.91 Å². The number of carbonyl (C=O) groups excluding carboxylic acids is 1. The van der Waals surface area contributed by atoms with Crippen molar-refractivity contribution in [1.29, 1.82) is 0 Å². The van der Waals surface area contributed by atoms with Gasteiger partial charge in [-0.2, -0.15) is 5.10 Å². The molecule has 132 valence electrons. The number of anilines is 1. The number of amides is 1. The van der Waals surface area contributed by atoms with E-state index in [0.717, 1.165) is 20.4 Å². The Labute approximate surface area is 160 Å². The first-order chi connectivity index (χ1) is 12.0. The molecule has 2 N–H and O–H groups in total. The molecule has 0 aliphatic heterocycles. The number of ether oxygens (including phenoxy) is 2. The van der Waals surface area contributed by atoms with E-state index in [-0.39, 0.29) is 12.5 Å². The summed E-state index contributed by atoms with van der Waals surface area (Å²) in [7, 11) is 3.17. The normalized spacial score (nSPS) is 10.6. The largest absolute Gasteiger partial charge is 0.493 e. The van der Waals surface area contributed by atoms with Crippen molar-refractivity contribution in [3.63, 3.8) is 0 Å². The molecular formula is C18H20IN3O3. The summed E-state index contributed by atoms with van der Waals surface area (Å²) in [6, 6.07) is 11.5. The van der Waals surface area contributed by atoms with Gasteiger partial charge in [0.2, 0.25) is 0 Å². The van der Waals surface area contributed by atoms with Crippen LogP contribution in [0.25, 0.3) is 0 Å². The van der Waals surface area contributed by atoms with E-state index in [1.54, 1.807) is 26.5 Å². The Bertz CT molecular complexity index is 778. The quantitative estimate of drug-likeness (QED) is 0.384. The third-order valence-electron chi connectivity index (χ3n) is 3.44. The molecule has 2 aromatic rings. The topological polar surface area (TPSA) is 72.0 Å². The van der Waals surface area contributed by atoms with Gasteiger partial charge in [-0.05, 0) is 58.8 Å². The Morgan fingerprint density at radius 2 is 2.00 bits per heavy atom. The third-order valence-corrected chi connectivity index (χ3v) is 4.24. The van der Waals surface area contributed by atoms with Crippen molar-refractivity contribution in [2.75, 3.05) is 26.1 Å². The predicted molar refractivity (Wildman–Crippen MR) is 108 cm³/mol. The van der Waals surface area contributed by atoms with Gasteiger partial charge in [-0.3, -0.25) is 4.79 Å². The third kappa shape index (κ3) is 5.35. The second-order valence-corrected chi connectivity index (χ2v) is 6.36. The van der Waals surface area contributed by atoms with Crippen molar-refractivity contribution in [2.45, 2.75) is 6.92 Å². The van der Waals surface area contributed by atoms with E-state index >= 15 is 0 Å². The molecule has 0 unspecified atom stereocenters. The number of nitrogens with zero attached hydrogens (tertiary/aromatic N) is 1. The summed E-state index contributed by atoms with van der Waals surface area (Å²) in [6.07, 6.45) is 1.57. The van der Waals surface area contributed by atoms with E-state index < -0.39 is 0 Å². The fraction of sp³-hybridized carbons (Fsp3) is 0.222. The van der Waals surface area contributed by atoms with Crippen LogP contribution in [-0.4, -0.2) is 32.9 Å². The Balaban J connectivity index is 1.93. The van der Waals surface area contributed by atoms with Crippen molar-refractivity contribution in [1.82, 2.24) is 5.43 Å². The van der Waals surface area contributed by atoms with Gasteiger partial charge >= 0.3 is 0 Å². The molecule has 25 heavy (non-hydrogen) atoms. The Morgan fingerprint density at radius 3 is 2.68 bits per heavy atom. The molecular weight excluding hydrogens is 433 g/mol. The first-order valence-electron chi connectivity index (χ1n) is 7.58. The highest BCUT2D eigenvalue weighted by molar-refractivity contribution is 14.1. The van der Waals surface area contributed by atoms with Crippen molar-refractivity contribution in [2.24, 2.45) is 5.10 Å². The van der Waals surface area contributed by atoms with Crippen LogP contribution in [0.2, 0.25) is 0 Å². The zero-order chi connectivity index (χ0) is 18.2. The lowest BCUT2D eigenvalue weighted by molar-refractivity contribution is -0.119. The maximum atomic E-state index is 11.9. The van der Waals surface area contributed by atoms with Crippen LogP contribution in [0.15, 0.2) is 41.5 Å². The first kappa shape index (κ1) is 19.0. The summed E-state index contributed by atoms with van der Waals surface area (Å²) >= 11 is 2.16. The second-order valence-electron chi connectivity index (χ2n) is 5.20. The van der Waals surface area contributed by atoms with Gasteiger partial charge in [0.15, 0.2) is 11.5 Å². The molecule has 0 aromatic heterocycles. The fourth-order valence-electron chi connectivity index (χ4n) is 2.18. The minimum Gasteiger partial charge on any atom is -0.493 e. The van der Waals surface area contributed by atoms with Crippen molar-refractivity contribution >= 4 is 40.4 Å². The number of nitrogens with one attached hydrogen (secondary N) is 2. The van der Waals surface area contributed by atoms with Crippen LogP contribution in [0.3, 0.4) is 0 Å². The number of carbonyl (C=O) groups is 1. The summed E-state index contributed by atoms with van der Waals surface area (Å²) in [5, 5.41) is 7.06. The smallest absolute Gasteiger partial charge is 0.259 e. The Kier molecular flexibility index (Phi) is 7.05. The maximum absolute atomic E-state index is 11.9. The highest BCUT2D eigenvalue weighted by atomic mass is 127. The lowest BCUT2D eigenvalue weighted by atomic mass is 10.2. The summed E-state index contributed by atoms with van der Waals surface area (Å²) in [6.45, 7) is 2.13. The SMILES string of the molecule is COc1cc(/C=N\NC(=O)CNc2ccccc2C)cc(I)c1OC. The molecule has 0 aliphatic carbocycles. The summed E-state index contributed by atoms with van der Waals surface area (Å²) in [4.78, 5) is 11.9. The number of halogens is 1. The zero-order valence-corrected chi connectivity index (χ0v) is 16.5. The van der Waals surface area contributed by atoms with Gasteiger partial charge in [-0.15, -0.1) is 0 Å². The van der Waals surface area contributed by atoms with Crippen LogP contribution in [-0.2, 0) is 4.79 Å². The standard InChI is InChI=1S/C18H20IN3O3/c1-12-6-4-5-7-15(12)20-11-17(23)22-21-10-13-8-14(19)18(25-3)16(9-13)24-2/h4-10,20H,11H2,1-3H3,(H,22,23)/b21-10-. The molecule has 1 amide bonds. The molecule has 0 atom stereocenters. The molecule has 0 aliphatic rings. The molecule has 2 aromatic carbocycles. The Hall–Kier alpha value is -2.29. The van der Waals surface area contributed by atoms with Crippen LogP contribution in [0.5, 0.6) is 11.5 Å². The van der Waals surface area contributed by atoms with Gasteiger partial charge in [0.1, 0.15) is 0 Å². The molecule has 0 spiro atoms. The summed E-state index contributed by atoms with van der Waals surface area (Å²) in [5.74, 6) is 1.06. The molecule has 0 bridgehead atoms. The number of rotatable bonds is 7.